The van der Waals surface area contributed by atoms with Crippen LogP contribution in [0.2, 0.25) is 0 Å². The van der Waals surface area contributed by atoms with Gasteiger partial charge in [0.1, 0.15) is 5.76 Å². The molecule has 2 unspecified atom stereocenters. The molecule has 2 fully saturated rings. The molecule has 0 spiro atoms. The van der Waals surface area contributed by atoms with Gasteiger partial charge < -0.3 is 24.3 Å². The minimum absolute atomic E-state index is 0.0874. The first-order valence-electron chi connectivity index (χ1n) is 8.96. The highest BCUT2D eigenvalue weighted by atomic mass is 16.5. The van der Waals surface area contributed by atoms with Crippen molar-refractivity contribution in [3.05, 3.63) is 23.7 Å². The molecule has 2 amide bonds. The van der Waals surface area contributed by atoms with E-state index >= 15 is 0 Å². The van der Waals surface area contributed by atoms with Gasteiger partial charge in [0.05, 0.1) is 12.0 Å². The Morgan fingerprint density at radius 2 is 2.12 bits per heavy atom. The lowest BCUT2D eigenvalue weighted by Crippen LogP contribution is -2.44. The van der Waals surface area contributed by atoms with Crippen LogP contribution in [0, 0.1) is 12.8 Å². The van der Waals surface area contributed by atoms with Gasteiger partial charge in [0.2, 0.25) is 5.91 Å². The lowest BCUT2D eigenvalue weighted by molar-refractivity contribution is -0.135. The number of nitrogens with one attached hydrogen (secondary N) is 1. The van der Waals surface area contributed by atoms with E-state index < -0.39 is 0 Å². The van der Waals surface area contributed by atoms with E-state index in [2.05, 4.69) is 10.2 Å². The van der Waals surface area contributed by atoms with Gasteiger partial charge in [-0.25, -0.2) is 0 Å². The number of nitrogens with zero attached hydrogens (tertiary/aromatic N) is 2. The Kier molecular flexibility index (Phi) is 5.75. The molecule has 0 aromatic carbocycles. The van der Waals surface area contributed by atoms with E-state index in [1.54, 1.807) is 19.1 Å². The van der Waals surface area contributed by atoms with E-state index in [1.807, 2.05) is 11.9 Å². The number of aryl methyl sites for hydroxylation is 1. The number of ether oxygens (including phenoxy) is 1. The standard InChI is InChI=1S/C18H27N3O4/c1-13-4-5-16(25-13)17(22)19-10-15-12-21(7-3-9-24-15)18(23)14-6-8-20(2)11-14/h4-5,14-15H,3,6-12H2,1-2H3,(H,19,22). The molecule has 25 heavy (non-hydrogen) atoms. The molecule has 1 aromatic rings. The van der Waals surface area contributed by atoms with Crippen molar-refractivity contribution in [2.24, 2.45) is 5.92 Å². The van der Waals surface area contributed by atoms with Crippen molar-refractivity contribution in [1.29, 1.82) is 0 Å². The third-order valence-corrected chi connectivity index (χ3v) is 4.86. The maximum atomic E-state index is 12.7. The van der Waals surface area contributed by atoms with Crippen LogP contribution < -0.4 is 5.32 Å². The van der Waals surface area contributed by atoms with E-state index in [1.165, 1.54) is 0 Å². The molecule has 0 bridgehead atoms. The minimum atomic E-state index is -0.253. The van der Waals surface area contributed by atoms with Gasteiger partial charge in [-0.2, -0.15) is 0 Å². The van der Waals surface area contributed by atoms with E-state index in [-0.39, 0.29) is 23.8 Å². The van der Waals surface area contributed by atoms with E-state index in [0.29, 0.717) is 31.2 Å². The SMILES string of the molecule is Cc1ccc(C(=O)NCC2CN(C(=O)C3CCN(C)C3)CCCO2)o1. The number of carbonyl (C=O) groups is 2. The summed E-state index contributed by atoms with van der Waals surface area (Å²) in [5.74, 6) is 1.05. The molecule has 1 aromatic heterocycles. The number of likely N-dealkylation sites (tertiary alicyclic amines) is 1. The number of hydrogen-bond acceptors (Lipinski definition) is 5. The van der Waals surface area contributed by atoms with Gasteiger partial charge >= 0.3 is 0 Å². The van der Waals surface area contributed by atoms with Gasteiger partial charge in [-0.1, -0.05) is 0 Å². The smallest absolute Gasteiger partial charge is 0.287 e. The highest BCUT2D eigenvalue weighted by Crippen LogP contribution is 2.19. The van der Waals surface area contributed by atoms with Crippen LogP contribution in [0.4, 0.5) is 0 Å². The molecule has 0 aliphatic carbocycles. The summed E-state index contributed by atoms with van der Waals surface area (Å²) in [5.41, 5.74) is 0. The first-order valence-corrected chi connectivity index (χ1v) is 8.96. The van der Waals surface area contributed by atoms with Gasteiger partial charge in [0.15, 0.2) is 5.76 Å². The Morgan fingerprint density at radius 1 is 1.28 bits per heavy atom. The maximum absolute atomic E-state index is 12.7. The van der Waals surface area contributed by atoms with Crippen LogP contribution in [-0.2, 0) is 9.53 Å². The van der Waals surface area contributed by atoms with Crippen LogP contribution >= 0.6 is 0 Å². The second kappa shape index (κ2) is 8.01. The molecule has 138 valence electrons. The van der Waals surface area contributed by atoms with Crippen molar-refractivity contribution in [2.45, 2.75) is 25.9 Å². The quantitative estimate of drug-likeness (QED) is 0.874. The van der Waals surface area contributed by atoms with Crippen LogP contribution in [0.3, 0.4) is 0 Å². The second-order valence-electron chi connectivity index (χ2n) is 7.00. The highest BCUT2D eigenvalue weighted by Gasteiger charge is 2.32. The average molecular weight is 349 g/mol. The van der Waals surface area contributed by atoms with Crippen LogP contribution in [0.15, 0.2) is 16.5 Å². The molecule has 7 nitrogen and oxygen atoms in total. The van der Waals surface area contributed by atoms with Crippen LogP contribution in [0.25, 0.3) is 0 Å². The van der Waals surface area contributed by atoms with Gasteiger partial charge in [-0.05, 0) is 45.5 Å². The molecule has 3 heterocycles. The number of rotatable bonds is 4. The molecule has 0 saturated carbocycles. The fourth-order valence-corrected chi connectivity index (χ4v) is 3.46. The number of hydrogen-bond donors (Lipinski definition) is 1. The Labute approximate surface area is 148 Å². The number of amides is 2. The fraction of sp³-hybridized carbons (Fsp3) is 0.667. The van der Waals surface area contributed by atoms with E-state index in [4.69, 9.17) is 9.15 Å². The Morgan fingerprint density at radius 3 is 2.80 bits per heavy atom. The molecule has 3 rings (SSSR count). The van der Waals surface area contributed by atoms with Crippen molar-refractivity contribution in [3.63, 3.8) is 0 Å². The Balaban J connectivity index is 1.53. The number of carbonyl (C=O) groups excluding carboxylic acids is 2. The average Bonchev–Trinajstić information content (AvgIpc) is 3.14. The summed E-state index contributed by atoms with van der Waals surface area (Å²) in [7, 11) is 2.05. The molecule has 2 atom stereocenters. The summed E-state index contributed by atoms with van der Waals surface area (Å²) >= 11 is 0. The summed E-state index contributed by atoms with van der Waals surface area (Å²) in [6, 6.07) is 3.42. The summed E-state index contributed by atoms with van der Waals surface area (Å²) in [6.07, 6.45) is 1.56. The topological polar surface area (TPSA) is 75.0 Å². The zero-order valence-corrected chi connectivity index (χ0v) is 15.0. The lowest BCUT2D eigenvalue weighted by Gasteiger charge is -2.26. The molecular formula is C18H27N3O4. The molecule has 0 radical (unpaired) electrons. The number of furan rings is 1. The first kappa shape index (κ1) is 17.9. The van der Waals surface area contributed by atoms with Gasteiger partial charge in [0.25, 0.3) is 5.91 Å². The largest absolute Gasteiger partial charge is 0.456 e. The summed E-state index contributed by atoms with van der Waals surface area (Å²) in [4.78, 5) is 29.0. The maximum Gasteiger partial charge on any atom is 0.287 e. The molecular weight excluding hydrogens is 322 g/mol. The third kappa shape index (κ3) is 4.61. The second-order valence-corrected chi connectivity index (χ2v) is 7.00. The van der Waals surface area contributed by atoms with Crippen molar-refractivity contribution >= 4 is 11.8 Å². The Bertz CT molecular complexity index is 615. The van der Waals surface area contributed by atoms with Gasteiger partial charge in [-0.3, -0.25) is 9.59 Å². The zero-order chi connectivity index (χ0) is 17.8. The van der Waals surface area contributed by atoms with Gasteiger partial charge in [0, 0.05) is 32.8 Å². The minimum Gasteiger partial charge on any atom is -0.456 e. The molecule has 1 N–H and O–H groups in total. The lowest BCUT2D eigenvalue weighted by atomic mass is 10.1. The summed E-state index contributed by atoms with van der Waals surface area (Å²) < 4.78 is 11.1. The summed E-state index contributed by atoms with van der Waals surface area (Å²) in [5, 5.41) is 2.84. The zero-order valence-electron chi connectivity index (χ0n) is 15.0. The molecule has 2 aliphatic rings. The van der Waals surface area contributed by atoms with Crippen molar-refractivity contribution < 1.29 is 18.7 Å². The molecule has 2 saturated heterocycles. The molecule has 2 aliphatic heterocycles. The normalized spacial score (nSPS) is 25.0. The van der Waals surface area contributed by atoms with Crippen LogP contribution in [0.1, 0.15) is 29.2 Å². The molecule has 7 heteroatoms. The van der Waals surface area contributed by atoms with Crippen molar-refractivity contribution in [3.8, 4) is 0 Å². The highest BCUT2D eigenvalue weighted by molar-refractivity contribution is 5.91. The third-order valence-electron chi connectivity index (χ3n) is 4.86. The monoisotopic (exact) mass is 349 g/mol. The fourth-order valence-electron chi connectivity index (χ4n) is 3.46. The van der Waals surface area contributed by atoms with E-state index in [0.717, 1.165) is 32.5 Å². The predicted molar refractivity (Wildman–Crippen MR) is 92.3 cm³/mol. The van der Waals surface area contributed by atoms with Crippen LogP contribution in [0.5, 0.6) is 0 Å². The summed E-state index contributed by atoms with van der Waals surface area (Å²) in [6.45, 7) is 5.83. The van der Waals surface area contributed by atoms with Gasteiger partial charge in [-0.15, -0.1) is 0 Å². The van der Waals surface area contributed by atoms with E-state index in [9.17, 15) is 9.59 Å². The Hall–Kier alpha value is -1.86. The predicted octanol–water partition coefficient (Wildman–Crippen LogP) is 0.887. The van der Waals surface area contributed by atoms with Crippen molar-refractivity contribution in [2.75, 3.05) is 46.4 Å². The van der Waals surface area contributed by atoms with Crippen LogP contribution in [-0.4, -0.2) is 74.1 Å². The van der Waals surface area contributed by atoms with Crippen molar-refractivity contribution in [1.82, 2.24) is 15.1 Å². The first-order chi connectivity index (χ1) is 12.0.